The Bertz CT molecular complexity index is 462. The van der Waals surface area contributed by atoms with Crippen LogP contribution in [0.2, 0.25) is 0 Å². The predicted octanol–water partition coefficient (Wildman–Crippen LogP) is 3.69. The number of nitrogens with one attached hydrogen (secondary N) is 1. The van der Waals surface area contributed by atoms with Gasteiger partial charge in [0, 0.05) is 18.0 Å². The molecule has 110 valence electrons. The first-order valence-corrected chi connectivity index (χ1v) is 7.88. The summed E-state index contributed by atoms with van der Waals surface area (Å²) in [6.07, 6.45) is 8.75. The highest BCUT2D eigenvalue weighted by Gasteiger charge is 2.30. The van der Waals surface area contributed by atoms with E-state index in [0.717, 1.165) is 24.2 Å². The molecule has 1 heterocycles. The van der Waals surface area contributed by atoms with Gasteiger partial charge in [-0.1, -0.05) is 19.3 Å². The molecule has 0 amide bonds. The largest absolute Gasteiger partial charge is 0.490 e. The Hall–Kier alpha value is -1.09. The fourth-order valence-corrected chi connectivity index (χ4v) is 3.80. The molecule has 3 rings (SSSR count). The Balaban J connectivity index is 1.64. The van der Waals surface area contributed by atoms with Crippen molar-refractivity contribution in [1.82, 2.24) is 5.32 Å². The summed E-state index contributed by atoms with van der Waals surface area (Å²) >= 11 is 0. The van der Waals surface area contributed by atoms with Crippen molar-refractivity contribution in [3.8, 4) is 5.75 Å². The summed E-state index contributed by atoms with van der Waals surface area (Å²) in [4.78, 5) is 0. The van der Waals surface area contributed by atoms with Gasteiger partial charge in [0.15, 0.2) is 0 Å². The number of hydrogen-bond acceptors (Lipinski definition) is 2. The molecule has 1 aliphatic carbocycles. The zero-order chi connectivity index (χ0) is 13.9. The number of rotatable bonds is 3. The first-order valence-electron chi connectivity index (χ1n) is 7.88. The van der Waals surface area contributed by atoms with E-state index in [9.17, 15) is 4.39 Å². The average Bonchev–Trinajstić information content (AvgIpc) is 2.68. The van der Waals surface area contributed by atoms with Crippen LogP contribution in [0.25, 0.3) is 0 Å². The zero-order valence-electron chi connectivity index (χ0n) is 12.2. The average molecular weight is 277 g/mol. The van der Waals surface area contributed by atoms with E-state index in [1.54, 1.807) is 12.1 Å². The Morgan fingerprint density at radius 1 is 1.25 bits per heavy atom. The normalized spacial score (nSPS) is 29.6. The molecule has 3 heteroatoms. The Kier molecular flexibility index (Phi) is 4.25. The quantitative estimate of drug-likeness (QED) is 0.851. The maximum absolute atomic E-state index is 13.3. The van der Waals surface area contributed by atoms with Crippen LogP contribution in [-0.2, 0) is 6.42 Å². The highest BCUT2D eigenvalue weighted by atomic mass is 19.1. The highest BCUT2D eigenvalue weighted by molar-refractivity contribution is 5.37. The molecule has 3 unspecified atom stereocenters. The van der Waals surface area contributed by atoms with Crippen LogP contribution in [0.4, 0.5) is 4.39 Å². The number of ether oxygens (including phenoxy) is 1. The van der Waals surface area contributed by atoms with E-state index in [1.165, 1.54) is 38.2 Å². The van der Waals surface area contributed by atoms with Gasteiger partial charge in [-0.25, -0.2) is 4.39 Å². The van der Waals surface area contributed by atoms with Crippen molar-refractivity contribution in [2.24, 2.45) is 5.92 Å². The zero-order valence-corrected chi connectivity index (χ0v) is 12.2. The van der Waals surface area contributed by atoms with Gasteiger partial charge < -0.3 is 10.1 Å². The summed E-state index contributed by atoms with van der Waals surface area (Å²) in [5.41, 5.74) is 1.03. The van der Waals surface area contributed by atoms with E-state index < -0.39 is 0 Å². The van der Waals surface area contributed by atoms with Gasteiger partial charge >= 0.3 is 0 Å². The van der Waals surface area contributed by atoms with E-state index in [2.05, 4.69) is 12.4 Å². The van der Waals surface area contributed by atoms with Crippen LogP contribution in [0.15, 0.2) is 18.2 Å². The molecule has 1 aromatic rings. The molecule has 2 aliphatic rings. The number of fused-ring (bicyclic) bond motifs is 1. The molecule has 0 radical (unpaired) electrons. The second-order valence-electron chi connectivity index (χ2n) is 6.22. The topological polar surface area (TPSA) is 21.3 Å². The summed E-state index contributed by atoms with van der Waals surface area (Å²) in [6, 6.07) is 5.50. The molecule has 0 spiro atoms. The fourth-order valence-electron chi connectivity index (χ4n) is 3.80. The summed E-state index contributed by atoms with van der Waals surface area (Å²) in [5.74, 6) is 1.41. The van der Waals surface area contributed by atoms with E-state index in [-0.39, 0.29) is 11.9 Å². The monoisotopic (exact) mass is 277 g/mol. The Morgan fingerprint density at radius 2 is 2.10 bits per heavy atom. The Labute approximate surface area is 120 Å². The summed E-state index contributed by atoms with van der Waals surface area (Å²) < 4.78 is 19.3. The summed E-state index contributed by atoms with van der Waals surface area (Å²) in [6.45, 7) is 0. The van der Waals surface area contributed by atoms with Gasteiger partial charge in [0.05, 0.1) is 0 Å². The van der Waals surface area contributed by atoms with E-state index in [0.29, 0.717) is 12.0 Å². The van der Waals surface area contributed by atoms with Crippen LogP contribution in [0, 0.1) is 11.7 Å². The SMILES string of the molecule is CNC1CCCCCC1CC1Cc2cc(F)ccc2O1. The van der Waals surface area contributed by atoms with Crippen LogP contribution < -0.4 is 10.1 Å². The van der Waals surface area contributed by atoms with Gasteiger partial charge in [-0.2, -0.15) is 0 Å². The molecule has 1 saturated carbocycles. The van der Waals surface area contributed by atoms with Crippen molar-refractivity contribution in [1.29, 1.82) is 0 Å². The molecular formula is C17H24FNO. The lowest BCUT2D eigenvalue weighted by Crippen LogP contribution is -2.35. The standard InChI is InChI=1S/C17H24FNO/c1-19-16-6-4-2-3-5-12(16)10-15-11-13-9-14(18)7-8-17(13)20-15/h7-9,12,15-16,19H,2-6,10-11H2,1H3. The van der Waals surface area contributed by atoms with Crippen LogP contribution in [-0.4, -0.2) is 19.2 Å². The molecule has 1 fully saturated rings. The lowest BCUT2D eigenvalue weighted by molar-refractivity contribution is 0.172. The lowest BCUT2D eigenvalue weighted by Gasteiger charge is -2.27. The minimum absolute atomic E-state index is 0.157. The van der Waals surface area contributed by atoms with Gasteiger partial charge in [0.1, 0.15) is 17.7 Å². The van der Waals surface area contributed by atoms with Gasteiger partial charge in [0.25, 0.3) is 0 Å². The van der Waals surface area contributed by atoms with Crippen molar-refractivity contribution in [3.05, 3.63) is 29.6 Å². The maximum atomic E-state index is 13.3. The van der Waals surface area contributed by atoms with Crippen molar-refractivity contribution in [2.45, 2.75) is 57.1 Å². The maximum Gasteiger partial charge on any atom is 0.123 e. The second-order valence-corrected chi connectivity index (χ2v) is 6.22. The first kappa shape index (κ1) is 13.9. The van der Waals surface area contributed by atoms with Crippen LogP contribution in [0.5, 0.6) is 5.75 Å². The molecule has 1 N–H and O–H groups in total. The van der Waals surface area contributed by atoms with Gasteiger partial charge in [-0.05, 0) is 50.4 Å². The first-order chi connectivity index (χ1) is 9.76. The van der Waals surface area contributed by atoms with Crippen LogP contribution >= 0.6 is 0 Å². The van der Waals surface area contributed by atoms with Crippen LogP contribution in [0.1, 0.15) is 44.1 Å². The number of halogens is 1. The molecule has 2 nitrogen and oxygen atoms in total. The smallest absolute Gasteiger partial charge is 0.123 e. The van der Waals surface area contributed by atoms with Crippen molar-refractivity contribution in [3.63, 3.8) is 0 Å². The molecule has 20 heavy (non-hydrogen) atoms. The Morgan fingerprint density at radius 3 is 2.95 bits per heavy atom. The molecule has 3 atom stereocenters. The van der Waals surface area contributed by atoms with Gasteiger partial charge in [-0.3, -0.25) is 0 Å². The third-order valence-electron chi connectivity index (χ3n) is 4.86. The minimum Gasteiger partial charge on any atom is -0.490 e. The number of hydrogen-bond donors (Lipinski definition) is 1. The second kappa shape index (κ2) is 6.13. The van der Waals surface area contributed by atoms with E-state index >= 15 is 0 Å². The number of benzene rings is 1. The predicted molar refractivity (Wildman–Crippen MR) is 78.6 cm³/mol. The van der Waals surface area contributed by atoms with Crippen molar-refractivity contribution < 1.29 is 9.13 Å². The fraction of sp³-hybridized carbons (Fsp3) is 0.647. The molecular weight excluding hydrogens is 253 g/mol. The third kappa shape index (κ3) is 2.98. The molecule has 0 saturated heterocycles. The van der Waals surface area contributed by atoms with Gasteiger partial charge in [-0.15, -0.1) is 0 Å². The highest BCUT2D eigenvalue weighted by Crippen LogP contribution is 2.34. The van der Waals surface area contributed by atoms with E-state index in [1.807, 2.05) is 0 Å². The lowest BCUT2D eigenvalue weighted by atomic mass is 9.88. The molecule has 0 aromatic heterocycles. The van der Waals surface area contributed by atoms with Crippen molar-refractivity contribution >= 4 is 0 Å². The van der Waals surface area contributed by atoms with Crippen LogP contribution in [0.3, 0.4) is 0 Å². The van der Waals surface area contributed by atoms with Gasteiger partial charge in [0.2, 0.25) is 0 Å². The summed E-state index contributed by atoms with van der Waals surface area (Å²) in [5, 5.41) is 3.48. The third-order valence-corrected chi connectivity index (χ3v) is 4.86. The molecule has 1 aromatic carbocycles. The minimum atomic E-state index is -0.157. The summed E-state index contributed by atoms with van der Waals surface area (Å²) in [7, 11) is 2.07. The molecule has 1 aliphatic heterocycles. The van der Waals surface area contributed by atoms with E-state index in [4.69, 9.17) is 4.74 Å². The molecule has 0 bridgehead atoms. The van der Waals surface area contributed by atoms with Crippen molar-refractivity contribution in [2.75, 3.05) is 7.05 Å².